The lowest BCUT2D eigenvalue weighted by Gasteiger charge is -2.11. The van der Waals surface area contributed by atoms with E-state index in [2.05, 4.69) is 4.98 Å². The number of ether oxygens (including phenoxy) is 2. The van der Waals surface area contributed by atoms with Crippen LogP contribution < -0.4 is 15.2 Å². The van der Waals surface area contributed by atoms with E-state index >= 15 is 0 Å². The molecule has 0 atom stereocenters. The Kier molecular flexibility index (Phi) is 3.43. The number of aromatic nitrogens is 1. The lowest BCUT2D eigenvalue weighted by Crippen LogP contribution is -2.01. The van der Waals surface area contributed by atoms with Gasteiger partial charge in [-0.2, -0.15) is 0 Å². The molecule has 0 amide bonds. The van der Waals surface area contributed by atoms with Crippen molar-refractivity contribution in [2.75, 3.05) is 12.5 Å². The highest BCUT2D eigenvalue weighted by atomic mass is 35.5. The zero-order valence-electron chi connectivity index (χ0n) is 12.0. The average molecular weight is 347 g/mol. The van der Waals surface area contributed by atoms with Gasteiger partial charge in [-0.3, -0.25) is 4.98 Å². The van der Waals surface area contributed by atoms with Crippen LogP contribution in [0.5, 0.6) is 11.5 Å². The number of pyridine rings is 1. The second kappa shape index (κ2) is 5.48. The topological polar surface area (TPSA) is 57.4 Å². The van der Waals surface area contributed by atoms with E-state index in [-0.39, 0.29) is 6.79 Å². The summed E-state index contributed by atoms with van der Waals surface area (Å²) in [4.78, 5) is 4.63. The van der Waals surface area contributed by atoms with E-state index in [1.807, 2.05) is 24.3 Å². The van der Waals surface area contributed by atoms with Crippen molar-refractivity contribution in [1.29, 1.82) is 0 Å². The molecule has 1 aromatic heterocycles. The van der Waals surface area contributed by atoms with Crippen LogP contribution in [0.2, 0.25) is 10.0 Å². The number of halogens is 2. The number of fused-ring (bicyclic) bond motifs is 2. The standard InChI is InChI=1S/C17H12Cl2N2O2/c18-10-2-3-12-11(7-10)16(19)17(20)13(21-12)5-9-1-4-14-15(6-9)23-8-22-14/h1-4,6-7H,5,8,20H2. The van der Waals surface area contributed by atoms with Crippen LogP contribution in [0.1, 0.15) is 11.3 Å². The summed E-state index contributed by atoms with van der Waals surface area (Å²) in [6.07, 6.45) is 0.556. The number of hydrogen-bond acceptors (Lipinski definition) is 4. The largest absolute Gasteiger partial charge is 0.454 e. The van der Waals surface area contributed by atoms with Gasteiger partial charge in [-0.05, 0) is 35.9 Å². The van der Waals surface area contributed by atoms with Gasteiger partial charge in [-0.1, -0.05) is 29.3 Å². The second-order valence-electron chi connectivity index (χ2n) is 5.31. The van der Waals surface area contributed by atoms with Gasteiger partial charge in [0.2, 0.25) is 6.79 Å². The minimum atomic E-state index is 0.252. The van der Waals surface area contributed by atoms with Crippen LogP contribution in [-0.2, 0) is 6.42 Å². The molecule has 0 radical (unpaired) electrons. The van der Waals surface area contributed by atoms with Crippen molar-refractivity contribution >= 4 is 39.8 Å². The van der Waals surface area contributed by atoms with E-state index < -0.39 is 0 Å². The Labute approximate surface area is 142 Å². The zero-order valence-corrected chi connectivity index (χ0v) is 13.5. The molecule has 4 nitrogen and oxygen atoms in total. The third kappa shape index (κ3) is 2.54. The minimum absolute atomic E-state index is 0.252. The second-order valence-corrected chi connectivity index (χ2v) is 6.13. The average Bonchev–Trinajstić information content (AvgIpc) is 3.01. The fourth-order valence-corrected chi connectivity index (χ4v) is 3.07. The summed E-state index contributed by atoms with van der Waals surface area (Å²) >= 11 is 12.4. The van der Waals surface area contributed by atoms with Crippen molar-refractivity contribution in [3.8, 4) is 11.5 Å². The van der Waals surface area contributed by atoms with Crippen LogP contribution in [-0.4, -0.2) is 11.8 Å². The molecule has 0 fully saturated rings. The Morgan fingerprint density at radius 1 is 1.04 bits per heavy atom. The molecule has 0 spiro atoms. The van der Waals surface area contributed by atoms with Crippen molar-refractivity contribution in [1.82, 2.24) is 4.98 Å². The maximum atomic E-state index is 6.39. The quantitative estimate of drug-likeness (QED) is 0.744. The molecule has 2 aromatic carbocycles. The number of anilines is 1. The monoisotopic (exact) mass is 346 g/mol. The molecule has 0 bridgehead atoms. The van der Waals surface area contributed by atoms with Gasteiger partial charge in [0.15, 0.2) is 11.5 Å². The van der Waals surface area contributed by atoms with Gasteiger partial charge in [0.05, 0.1) is 21.9 Å². The third-order valence-corrected chi connectivity index (χ3v) is 4.45. The molecular formula is C17H12Cl2N2O2. The van der Waals surface area contributed by atoms with Gasteiger partial charge in [0.1, 0.15) is 0 Å². The van der Waals surface area contributed by atoms with Gasteiger partial charge in [0, 0.05) is 16.8 Å². The number of rotatable bonds is 2. The van der Waals surface area contributed by atoms with Crippen LogP contribution in [0.4, 0.5) is 5.69 Å². The summed E-state index contributed by atoms with van der Waals surface area (Å²) in [5.74, 6) is 1.49. The molecule has 0 aliphatic carbocycles. The fourth-order valence-electron chi connectivity index (χ4n) is 2.64. The van der Waals surface area contributed by atoms with E-state index in [0.717, 1.165) is 33.7 Å². The van der Waals surface area contributed by atoms with Crippen LogP contribution in [0.3, 0.4) is 0 Å². The van der Waals surface area contributed by atoms with Crippen LogP contribution in [0.25, 0.3) is 10.9 Å². The normalized spacial score (nSPS) is 12.8. The Morgan fingerprint density at radius 3 is 2.74 bits per heavy atom. The number of hydrogen-bond donors (Lipinski definition) is 1. The van der Waals surface area contributed by atoms with Crippen molar-refractivity contribution in [2.45, 2.75) is 6.42 Å². The van der Waals surface area contributed by atoms with E-state index in [1.54, 1.807) is 12.1 Å². The summed E-state index contributed by atoms with van der Waals surface area (Å²) in [6, 6.07) is 11.2. The van der Waals surface area contributed by atoms with Gasteiger partial charge in [-0.15, -0.1) is 0 Å². The first-order valence-electron chi connectivity index (χ1n) is 7.03. The number of nitrogens with zero attached hydrogens (tertiary/aromatic N) is 1. The van der Waals surface area contributed by atoms with E-state index in [9.17, 15) is 0 Å². The van der Waals surface area contributed by atoms with Crippen LogP contribution in [0.15, 0.2) is 36.4 Å². The Hall–Kier alpha value is -2.17. The van der Waals surface area contributed by atoms with Crippen LogP contribution >= 0.6 is 23.2 Å². The van der Waals surface area contributed by atoms with E-state index in [1.165, 1.54) is 0 Å². The van der Waals surface area contributed by atoms with Crippen molar-refractivity contribution in [3.63, 3.8) is 0 Å². The molecular weight excluding hydrogens is 335 g/mol. The lowest BCUT2D eigenvalue weighted by molar-refractivity contribution is 0.174. The predicted molar refractivity (Wildman–Crippen MR) is 91.5 cm³/mol. The molecule has 2 heterocycles. The smallest absolute Gasteiger partial charge is 0.231 e. The summed E-state index contributed by atoms with van der Waals surface area (Å²) in [5.41, 5.74) is 9.16. The van der Waals surface area contributed by atoms with Crippen LogP contribution in [0, 0.1) is 0 Å². The summed E-state index contributed by atoms with van der Waals surface area (Å²) < 4.78 is 10.7. The lowest BCUT2D eigenvalue weighted by atomic mass is 10.1. The molecule has 0 saturated heterocycles. The Bertz CT molecular complexity index is 928. The van der Waals surface area contributed by atoms with Gasteiger partial charge < -0.3 is 15.2 Å². The SMILES string of the molecule is Nc1c(Cc2ccc3c(c2)OCO3)nc2ccc(Cl)cc2c1Cl. The van der Waals surface area contributed by atoms with Gasteiger partial charge in [0.25, 0.3) is 0 Å². The van der Waals surface area contributed by atoms with Gasteiger partial charge >= 0.3 is 0 Å². The van der Waals surface area contributed by atoms with Crippen molar-refractivity contribution < 1.29 is 9.47 Å². The molecule has 1 aliphatic heterocycles. The molecule has 2 N–H and O–H groups in total. The summed E-state index contributed by atoms with van der Waals surface area (Å²) in [7, 11) is 0. The predicted octanol–water partition coefficient (Wildman–Crippen LogP) is 4.44. The number of benzene rings is 2. The number of nitrogens with two attached hydrogens (primary N) is 1. The maximum absolute atomic E-state index is 6.39. The molecule has 0 saturated carbocycles. The third-order valence-electron chi connectivity index (χ3n) is 3.81. The first kappa shape index (κ1) is 14.4. The highest BCUT2D eigenvalue weighted by Crippen LogP contribution is 2.35. The number of nitrogen functional groups attached to an aromatic ring is 1. The zero-order chi connectivity index (χ0) is 16.0. The molecule has 6 heteroatoms. The van der Waals surface area contributed by atoms with Crippen molar-refractivity contribution in [3.05, 3.63) is 57.7 Å². The maximum Gasteiger partial charge on any atom is 0.231 e. The summed E-state index contributed by atoms with van der Waals surface area (Å²) in [6.45, 7) is 0.252. The first-order chi connectivity index (χ1) is 11.1. The van der Waals surface area contributed by atoms with Gasteiger partial charge in [-0.25, -0.2) is 0 Å². The highest BCUT2D eigenvalue weighted by Gasteiger charge is 2.16. The molecule has 23 heavy (non-hydrogen) atoms. The van der Waals surface area contributed by atoms with Crippen molar-refractivity contribution in [2.24, 2.45) is 0 Å². The molecule has 1 aliphatic rings. The van der Waals surface area contributed by atoms with E-state index in [4.69, 9.17) is 38.4 Å². The molecule has 116 valence electrons. The first-order valence-corrected chi connectivity index (χ1v) is 7.79. The molecule has 4 rings (SSSR count). The summed E-state index contributed by atoms with van der Waals surface area (Å²) in [5, 5.41) is 1.84. The molecule has 3 aromatic rings. The molecule has 0 unspecified atom stereocenters. The minimum Gasteiger partial charge on any atom is -0.454 e. The Balaban J connectivity index is 1.77. The fraction of sp³-hybridized carbons (Fsp3) is 0.118. The Morgan fingerprint density at radius 2 is 1.87 bits per heavy atom. The highest BCUT2D eigenvalue weighted by molar-refractivity contribution is 6.39. The van der Waals surface area contributed by atoms with E-state index in [0.29, 0.717) is 22.2 Å².